The molecule has 92 valence electrons. The van der Waals surface area contributed by atoms with Crippen molar-refractivity contribution in [2.75, 3.05) is 13.2 Å². The normalized spacial score (nSPS) is 23.4. The smallest absolute Gasteiger partial charge is 0.167 e. The van der Waals surface area contributed by atoms with Crippen LogP contribution in [0.2, 0.25) is 0 Å². The maximum absolute atomic E-state index is 12.1. The fourth-order valence-electron chi connectivity index (χ4n) is 2.87. The number of Topliss-reactive ketones (excluding diaryl/α,β-unsaturated/α-hetero) is 1. The molecular weight excluding hydrogens is 218 g/mol. The first-order valence-electron chi connectivity index (χ1n) is 6.24. The zero-order valence-electron chi connectivity index (χ0n) is 9.83. The number of fused-ring (bicyclic) bond motifs is 3. The molecule has 0 fully saturated rings. The van der Waals surface area contributed by atoms with Crippen LogP contribution in [-0.4, -0.2) is 18.9 Å². The number of carbonyl (C=O) groups excluding carboxylic acids is 1. The summed E-state index contributed by atoms with van der Waals surface area (Å²) in [6, 6.07) is 0. The van der Waals surface area contributed by atoms with Crippen molar-refractivity contribution < 1.29 is 13.9 Å². The first kappa shape index (κ1) is 11.0. The molecule has 0 amide bonds. The van der Waals surface area contributed by atoms with Gasteiger partial charge in [0.2, 0.25) is 0 Å². The summed E-state index contributed by atoms with van der Waals surface area (Å²) in [6.45, 7) is 1.86. The van der Waals surface area contributed by atoms with Gasteiger partial charge in [-0.05, 0) is 18.9 Å². The fraction of sp³-hybridized carbons (Fsp3) is 0.615. The maximum Gasteiger partial charge on any atom is 0.167 e. The molecule has 1 aliphatic heterocycles. The van der Waals surface area contributed by atoms with Crippen LogP contribution in [0.15, 0.2) is 4.42 Å². The molecule has 2 heterocycles. The van der Waals surface area contributed by atoms with Gasteiger partial charge in [0.25, 0.3) is 0 Å². The second-order valence-corrected chi connectivity index (χ2v) is 4.88. The molecule has 4 nitrogen and oxygen atoms in total. The highest BCUT2D eigenvalue weighted by Gasteiger charge is 2.33. The van der Waals surface area contributed by atoms with Crippen molar-refractivity contribution in [3.8, 4) is 0 Å². The number of rotatable bonds is 2. The number of hydrogen-bond acceptors (Lipinski definition) is 4. The van der Waals surface area contributed by atoms with Crippen LogP contribution in [0.1, 0.15) is 40.3 Å². The largest absolute Gasteiger partial charge is 0.465 e. The molecular formula is C13H17NO3. The van der Waals surface area contributed by atoms with Crippen LogP contribution in [0.5, 0.6) is 0 Å². The molecule has 2 aliphatic rings. The van der Waals surface area contributed by atoms with Crippen LogP contribution in [0.25, 0.3) is 0 Å². The van der Waals surface area contributed by atoms with Crippen molar-refractivity contribution in [3.63, 3.8) is 0 Å². The minimum atomic E-state index is 0.209. The summed E-state index contributed by atoms with van der Waals surface area (Å²) in [6.07, 6.45) is 3.14. The second-order valence-electron chi connectivity index (χ2n) is 4.88. The van der Waals surface area contributed by atoms with E-state index in [1.165, 1.54) is 0 Å². The van der Waals surface area contributed by atoms with Crippen molar-refractivity contribution in [2.24, 2.45) is 11.7 Å². The van der Waals surface area contributed by atoms with Crippen LogP contribution in [-0.2, 0) is 24.2 Å². The average molecular weight is 235 g/mol. The topological polar surface area (TPSA) is 65.5 Å². The van der Waals surface area contributed by atoms with Crippen LogP contribution >= 0.6 is 0 Å². The molecule has 0 spiro atoms. The molecule has 1 unspecified atom stereocenters. The standard InChI is InChI=1S/C13H17NO3/c14-3-1-8-5-10(15)13-9-7-16-4-2-11(9)17-12(13)6-8/h8H,1-7,14H2. The molecule has 4 heteroatoms. The Morgan fingerprint density at radius 1 is 1.29 bits per heavy atom. The van der Waals surface area contributed by atoms with E-state index in [9.17, 15) is 4.79 Å². The van der Waals surface area contributed by atoms with E-state index < -0.39 is 0 Å². The lowest BCUT2D eigenvalue weighted by Crippen LogP contribution is -2.22. The van der Waals surface area contributed by atoms with E-state index in [4.69, 9.17) is 14.9 Å². The SMILES string of the molecule is NCCC1CC(=O)c2c(oc3c2COCC3)C1. The second kappa shape index (κ2) is 4.27. The van der Waals surface area contributed by atoms with Gasteiger partial charge in [-0.25, -0.2) is 0 Å². The molecule has 0 saturated heterocycles. The Balaban J connectivity index is 1.96. The van der Waals surface area contributed by atoms with E-state index in [-0.39, 0.29) is 5.78 Å². The van der Waals surface area contributed by atoms with Gasteiger partial charge in [-0.1, -0.05) is 0 Å². The van der Waals surface area contributed by atoms with Gasteiger partial charge in [0.05, 0.1) is 18.8 Å². The molecule has 2 N–H and O–H groups in total. The zero-order chi connectivity index (χ0) is 11.8. The molecule has 0 aromatic carbocycles. The maximum atomic E-state index is 12.1. The van der Waals surface area contributed by atoms with E-state index in [1.807, 2.05) is 0 Å². The number of ether oxygens (including phenoxy) is 1. The predicted octanol–water partition coefficient (Wildman–Crippen LogP) is 1.45. The Kier molecular flexibility index (Phi) is 2.76. The highest BCUT2D eigenvalue weighted by Crippen LogP contribution is 2.35. The summed E-state index contributed by atoms with van der Waals surface area (Å²) < 4.78 is 11.2. The first-order valence-corrected chi connectivity index (χ1v) is 6.24. The molecule has 17 heavy (non-hydrogen) atoms. The average Bonchev–Trinajstić information content (AvgIpc) is 2.67. The van der Waals surface area contributed by atoms with Gasteiger partial charge in [0.1, 0.15) is 11.5 Å². The molecule has 0 bridgehead atoms. The molecule has 1 aromatic heterocycles. The quantitative estimate of drug-likeness (QED) is 0.842. The van der Waals surface area contributed by atoms with E-state index in [2.05, 4.69) is 0 Å². The van der Waals surface area contributed by atoms with Crippen LogP contribution in [0, 0.1) is 5.92 Å². The van der Waals surface area contributed by atoms with E-state index in [0.29, 0.717) is 32.1 Å². The summed E-state index contributed by atoms with van der Waals surface area (Å²) in [5.41, 5.74) is 7.38. The Bertz CT molecular complexity index is 450. The van der Waals surface area contributed by atoms with Crippen molar-refractivity contribution in [1.29, 1.82) is 0 Å². The zero-order valence-corrected chi connectivity index (χ0v) is 9.83. The minimum Gasteiger partial charge on any atom is -0.465 e. The summed E-state index contributed by atoms with van der Waals surface area (Å²) in [4.78, 5) is 12.1. The monoisotopic (exact) mass is 235 g/mol. The first-order chi connectivity index (χ1) is 8.29. The van der Waals surface area contributed by atoms with Gasteiger partial charge in [0, 0.05) is 24.8 Å². The van der Waals surface area contributed by atoms with Gasteiger partial charge in [-0.15, -0.1) is 0 Å². The molecule has 0 saturated carbocycles. The summed E-state index contributed by atoms with van der Waals surface area (Å²) >= 11 is 0. The highest BCUT2D eigenvalue weighted by molar-refractivity contribution is 5.99. The van der Waals surface area contributed by atoms with E-state index >= 15 is 0 Å². The molecule has 1 aliphatic carbocycles. The molecule has 0 radical (unpaired) electrons. The van der Waals surface area contributed by atoms with Gasteiger partial charge >= 0.3 is 0 Å². The lowest BCUT2D eigenvalue weighted by atomic mass is 9.83. The highest BCUT2D eigenvalue weighted by atomic mass is 16.5. The third-order valence-corrected chi connectivity index (χ3v) is 3.69. The third-order valence-electron chi connectivity index (χ3n) is 3.69. The summed E-state index contributed by atoms with van der Waals surface area (Å²) in [5.74, 6) is 2.40. The Labute approximate surface area is 100 Å². The minimum absolute atomic E-state index is 0.209. The summed E-state index contributed by atoms with van der Waals surface area (Å²) in [5, 5.41) is 0. The number of nitrogens with two attached hydrogens (primary N) is 1. The van der Waals surface area contributed by atoms with Crippen LogP contribution < -0.4 is 5.73 Å². The molecule has 1 atom stereocenters. The van der Waals surface area contributed by atoms with Gasteiger partial charge in [-0.3, -0.25) is 4.79 Å². The number of furan rings is 1. The van der Waals surface area contributed by atoms with Crippen molar-refractivity contribution in [3.05, 3.63) is 22.6 Å². The Morgan fingerprint density at radius 3 is 3.00 bits per heavy atom. The van der Waals surface area contributed by atoms with E-state index in [0.717, 1.165) is 41.9 Å². The predicted molar refractivity (Wildman–Crippen MR) is 61.9 cm³/mol. The van der Waals surface area contributed by atoms with Crippen molar-refractivity contribution in [2.45, 2.75) is 32.3 Å². The van der Waals surface area contributed by atoms with Gasteiger partial charge < -0.3 is 14.9 Å². The number of ketones is 1. The fourth-order valence-corrected chi connectivity index (χ4v) is 2.87. The molecule has 1 aromatic rings. The number of hydrogen-bond donors (Lipinski definition) is 1. The van der Waals surface area contributed by atoms with Gasteiger partial charge in [0.15, 0.2) is 5.78 Å². The van der Waals surface area contributed by atoms with Crippen LogP contribution in [0.3, 0.4) is 0 Å². The number of carbonyl (C=O) groups is 1. The Hall–Kier alpha value is -1.13. The van der Waals surface area contributed by atoms with Crippen molar-refractivity contribution in [1.82, 2.24) is 0 Å². The summed E-state index contributed by atoms with van der Waals surface area (Å²) in [7, 11) is 0. The Morgan fingerprint density at radius 2 is 2.18 bits per heavy atom. The molecule has 3 rings (SSSR count). The van der Waals surface area contributed by atoms with Crippen LogP contribution in [0.4, 0.5) is 0 Å². The van der Waals surface area contributed by atoms with Gasteiger partial charge in [-0.2, -0.15) is 0 Å². The lowest BCUT2D eigenvalue weighted by molar-refractivity contribution is 0.0923. The lowest BCUT2D eigenvalue weighted by Gasteiger charge is -2.20. The van der Waals surface area contributed by atoms with E-state index in [1.54, 1.807) is 0 Å². The van der Waals surface area contributed by atoms with Crippen molar-refractivity contribution >= 4 is 5.78 Å². The third kappa shape index (κ3) is 1.81.